The molecule has 0 saturated carbocycles. The predicted molar refractivity (Wildman–Crippen MR) is 95.0 cm³/mol. The second-order valence-corrected chi connectivity index (χ2v) is 6.94. The lowest BCUT2D eigenvalue weighted by Gasteiger charge is -2.31. The molecule has 0 aromatic heterocycles. The molecule has 2 rings (SSSR count). The topological polar surface area (TPSA) is 89.9 Å². The van der Waals surface area contributed by atoms with E-state index in [2.05, 4.69) is 6.58 Å². The number of carbonyl (C=O) groups excluding carboxylic acids is 3. The number of allylic oxidation sites excluding steroid dienone is 3. The summed E-state index contributed by atoms with van der Waals surface area (Å²) >= 11 is 0. The van der Waals surface area contributed by atoms with E-state index in [0.29, 0.717) is 11.1 Å². The third-order valence-corrected chi connectivity index (χ3v) is 4.69. The van der Waals surface area contributed by atoms with Crippen molar-refractivity contribution in [1.82, 2.24) is 0 Å². The molecule has 0 unspecified atom stereocenters. The van der Waals surface area contributed by atoms with Crippen molar-refractivity contribution in [3.05, 3.63) is 47.6 Å². The fraction of sp³-hybridized carbons (Fsp3) is 0.450. The summed E-state index contributed by atoms with van der Waals surface area (Å²) in [7, 11) is 0. The van der Waals surface area contributed by atoms with Gasteiger partial charge in [-0.25, -0.2) is 9.59 Å². The molecule has 1 fully saturated rings. The normalized spacial score (nSPS) is 35.9. The maximum atomic E-state index is 12.3. The molecule has 4 atom stereocenters. The van der Waals surface area contributed by atoms with E-state index in [4.69, 9.17) is 9.47 Å². The van der Waals surface area contributed by atoms with Crippen LogP contribution in [0.15, 0.2) is 47.6 Å². The smallest absolute Gasteiger partial charge is 0.334 e. The highest BCUT2D eigenvalue weighted by molar-refractivity contribution is 6.03. The first kappa shape index (κ1) is 19.8. The summed E-state index contributed by atoms with van der Waals surface area (Å²) in [5, 5.41) is 10.6. The van der Waals surface area contributed by atoms with Crippen LogP contribution in [0.4, 0.5) is 0 Å². The molecule has 26 heavy (non-hydrogen) atoms. The minimum atomic E-state index is -1.42. The third-order valence-electron chi connectivity index (χ3n) is 4.69. The van der Waals surface area contributed by atoms with Gasteiger partial charge < -0.3 is 14.6 Å². The van der Waals surface area contributed by atoms with Crippen molar-refractivity contribution in [3.63, 3.8) is 0 Å². The highest BCUT2D eigenvalue weighted by Crippen LogP contribution is 2.37. The molecule has 0 bridgehead atoms. The molecular weight excluding hydrogens is 336 g/mol. The number of ketones is 1. The molecule has 1 aliphatic heterocycles. The Hall–Kier alpha value is -2.47. The SMILES string of the molecule is C=C1C(=O)O[C@@H]2/C=C(/C)C(=O)/C=C/[C@](C)(O)C[C@H](OC(=O)/C(C)=C\C)[C@@H]12. The third kappa shape index (κ3) is 4.19. The molecule has 1 saturated heterocycles. The van der Waals surface area contributed by atoms with E-state index in [1.165, 1.54) is 25.2 Å². The zero-order valence-corrected chi connectivity index (χ0v) is 15.4. The quantitative estimate of drug-likeness (QED) is 0.600. The van der Waals surface area contributed by atoms with Crippen molar-refractivity contribution in [1.29, 1.82) is 0 Å². The first-order valence-electron chi connectivity index (χ1n) is 8.44. The van der Waals surface area contributed by atoms with Crippen LogP contribution in [-0.2, 0) is 23.9 Å². The number of hydrogen-bond acceptors (Lipinski definition) is 6. The number of rotatable bonds is 2. The Morgan fingerprint density at radius 2 is 2.12 bits per heavy atom. The van der Waals surface area contributed by atoms with Gasteiger partial charge in [0, 0.05) is 17.6 Å². The Labute approximate surface area is 152 Å². The molecule has 140 valence electrons. The van der Waals surface area contributed by atoms with Gasteiger partial charge in [-0.15, -0.1) is 0 Å². The molecular formula is C20H24O6. The van der Waals surface area contributed by atoms with Gasteiger partial charge in [-0.1, -0.05) is 12.7 Å². The highest BCUT2D eigenvalue weighted by atomic mass is 16.6. The van der Waals surface area contributed by atoms with E-state index < -0.39 is 35.7 Å². The summed E-state index contributed by atoms with van der Waals surface area (Å²) in [4.78, 5) is 36.5. The van der Waals surface area contributed by atoms with Gasteiger partial charge in [0.2, 0.25) is 0 Å². The van der Waals surface area contributed by atoms with Crippen LogP contribution in [0.25, 0.3) is 0 Å². The Morgan fingerprint density at radius 3 is 2.73 bits per heavy atom. The van der Waals surface area contributed by atoms with Crippen LogP contribution in [0.3, 0.4) is 0 Å². The molecule has 1 heterocycles. The van der Waals surface area contributed by atoms with E-state index >= 15 is 0 Å². The van der Waals surface area contributed by atoms with Crippen LogP contribution < -0.4 is 0 Å². The molecule has 1 N–H and O–H groups in total. The summed E-state index contributed by atoms with van der Waals surface area (Å²) in [5.74, 6) is -2.13. The number of esters is 2. The molecule has 0 spiro atoms. The lowest BCUT2D eigenvalue weighted by atomic mass is 9.82. The van der Waals surface area contributed by atoms with Gasteiger partial charge in [0.25, 0.3) is 0 Å². The van der Waals surface area contributed by atoms with E-state index in [9.17, 15) is 19.5 Å². The van der Waals surface area contributed by atoms with Crippen molar-refractivity contribution in [2.75, 3.05) is 0 Å². The summed E-state index contributed by atoms with van der Waals surface area (Å²) in [6.07, 6.45) is 4.15. The van der Waals surface area contributed by atoms with Crippen LogP contribution in [0.2, 0.25) is 0 Å². The largest absolute Gasteiger partial charge is 0.458 e. The molecule has 2 aliphatic rings. The van der Waals surface area contributed by atoms with Crippen molar-refractivity contribution in [3.8, 4) is 0 Å². The Kier molecular flexibility index (Phi) is 5.66. The Morgan fingerprint density at radius 1 is 1.46 bits per heavy atom. The van der Waals surface area contributed by atoms with Crippen LogP contribution in [0.5, 0.6) is 0 Å². The number of carbonyl (C=O) groups is 3. The Balaban J connectivity index is 2.50. The van der Waals surface area contributed by atoms with Crippen LogP contribution in [0, 0.1) is 5.92 Å². The maximum absolute atomic E-state index is 12.3. The number of fused-ring (bicyclic) bond motifs is 1. The van der Waals surface area contributed by atoms with Crippen LogP contribution >= 0.6 is 0 Å². The second-order valence-electron chi connectivity index (χ2n) is 6.94. The number of aliphatic hydroxyl groups is 1. The first-order chi connectivity index (χ1) is 12.1. The maximum Gasteiger partial charge on any atom is 0.334 e. The monoisotopic (exact) mass is 360 g/mol. The molecule has 6 nitrogen and oxygen atoms in total. The standard InChI is InChI=1S/C20H24O6/c1-6-11(2)18(22)26-16-10-20(5,24)8-7-14(21)12(3)9-15-17(16)13(4)19(23)25-15/h6-9,15-17,24H,4,10H2,1-3,5H3/b8-7+,11-6-,12-9-/t15-,16+,17+,20+/m1/s1. The van der Waals surface area contributed by atoms with Gasteiger partial charge in [-0.3, -0.25) is 4.79 Å². The van der Waals surface area contributed by atoms with Crippen molar-refractivity contribution in [2.24, 2.45) is 5.92 Å². The number of hydrogen-bond donors (Lipinski definition) is 1. The van der Waals surface area contributed by atoms with E-state index in [1.54, 1.807) is 26.8 Å². The van der Waals surface area contributed by atoms with Gasteiger partial charge >= 0.3 is 11.9 Å². The van der Waals surface area contributed by atoms with Crippen LogP contribution in [0.1, 0.15) is 34.1 Å². The van der Waals surface area contributed by atoms with Gasteiger partial charge in [-0.05, 0) is 51.5 Å². The van der Waals surface area contributed by atoms with E-state index in [1.807, 2.05) is 0 Å². The number of ether oxygens (including phenoxy) is 2. The first-order valence-corrected chi connectivity index (χ1v) is 8.44. The average Bonchev–Trinajstić information content (AvgIpc) is 2.84. The zero-order chi connectivity index (χ0) is 19.6. The minimum absolute atomic E-state index is 0.0107. The lowest BCUT2D eigenvalue weighted by Crippen LogP contribution is -2.39. The molecule has 1 aliphatic carbocycles. The van der Waals surface area contributed by atoms with E-state index in [0.717, 1.165) is 0 Å². The van der Waals surface area contributed by atoms with Gasteiger partial charge in [0.05, 0.1) is 11.5 Å². The summed E-state index contributed by atoms with van der Waals surface area (Å²) in [6, 6.07) is 0. The zero-order valence-electron chi connectivity index (χ0n) is 15.4. The fourth-order valence-corrected chi connectivity index (χ4v) is 2.96. The lowest BCUT2D eigenvalue weighted by molar-refractivity contribution is -0.150. The Bertz CT molecular complexity index is 737. The molecule has 0 aromatic rings. The minimum Gasteiger partial charge on any atom is -0.458 e. The molecule has 0 amide bonds. The van der Waals surface area contributed by atoms with Gasteiger partial charge in [0.1, 0.15) is 12.2 Å². The van der Waals surface area contributed by atoms with Crippen molar-refractivity contribution >= 4 is 17.7 Å². The summed E-state index contributed by atoms with van der Waals surface area (Å²) in [6.45, 7) is 10.2. The van der Waals surface area contributed by atoms with Crippen LogP contribution in [-0.4, -0.2) is 40.6 Å². The second kappa shape index (κ2) is 7.41. The summed E-state index contributed by atoms with van der Waals surface area (Å²) in [5.41, 5.74) is -0.487. The van der Waals surface area contributed by atoms with Gasteiger partial charge in [0.15, 0.2) is 5.78 Å². The fourth-order valence-electron chi connectivity index (χ4n) is 2.96. The predicted octanol–water partition coefficient (Wildman–Crippen LogP) is 2.19. The van der Waals surface area contributed by atoms with Crippen molar-refractivity contribution in [2.45, 2.75) is 51.9 Å². The molecule has 6 heteroatoms. The highest BCUT2D eigenvalue weighted by Gasteiger charge is 2.46. The average molecular weight is 360 g/mol. The molecule has 0 aromatic carbocycles. The molecule has 0 radical (unpaired) electrons. The van der Waals surface area contributed by atoms with Gasteiger partial charge in [-0.2, -0.15) is 0 Å². The van der Waals surface area contributed by atoms with E-state index in [-0.39, 0.29) is 17.8 Å². The van der Waals surface area contributed by atoms with Crippen molar-refractivity contribution < 1.29 is 29.0 Å². The summed E-state index contributed by atoms with van der Waals surface area (Å²) < 4.78 is 10.9.